The van der Waals surface area contributed by atoms with E-state index in [-0.39, 0.29) is 11.9 Å². The molecule has 0 rings (SSSR count). The van der Waals surface area contributed by atoms with Crippen LogP contribution in [0, 0.1) is 13.8 Å². The third-order valence-corrected chi connectivity index (χ3v) is 3.43. The first kappa shape index (κ1) is 18.5. The van der Waals surface area contributed by atoms with Crippen molar-refractivity contribution in [2.45, 2.75) is 90.0 Å². The molecule has 1 amide bonds. The summed E-state index contributed by atoms with van der Waals surface area (Å²) in [5.74, 6) is 0.149. The number of rotatable bonds is 13. The maximum atomic E-state index is 11.6. The summed E-state index contributed by atoms with van der Waals surface area (Å²) in [7, 11) is 0. The molecule has 19 heavy (non-hydrogen) atoms. The van der Waals surface area contributed by atoms with Crippen LogP contribution in [0.5, 0.6) is 0 Å². The molecule has 0 aromatic rings. The van der Waals surface area contributed by atoms with Gasteiger partial charge in [-0.15, -0.1) is 0 Å². The van der Waals surface area contributed by atoms with Crippen molar-refractivity contribution >= 4 is 5.91 Å². The lowest BCUT2D eigenvalue weighted by Crippen LogP contribution is -2.32. The first-order chi connectivity index (χ1) is 9.20. The summed E-state index contributed by atoms with van der Waals surface area (Å²) < 4.78 is 0. The SMILES string of the molecule is [CH2]CC[C@H]([CH2])NC(=O)CCCCCCCCCCC. The molecule has 0 saturated heterocycles. The van der Waals surface area contributed by atoms with Gasteiger partial charge in [0.1, 0.15) is 0 Å². The second kappa shape index (κ2) is 13.9. The van der Waals surface area contributed by atoms with E-state index in [1.54, 1.807) is 0 Å². The van der Waals surface area contributed by atoms with Crippen molar-refractivity contribution in [3.63, 3.8) is 0 Å². The summed E-state index contributed by atoms with van der Waals surface area (Å²) in [5.41, 5.74) is 0. The van der Waals surface area contributed by atoms with Gasteiger partial charge in [0, 0.05) is 12.5 Å². The summed E-state index contributed by atoms with van der Waals surface area (Å²) >= 11 is 0. The van der Waals surface area contributed by atoms with Gasteiger partial charge >= 0.3 is 0 Å². The van der Waals surface area contributed by atoms with Crippen molar-refractivity contribution in [1.82, 2.24) is 5.32 Å². The molecule has 0 fully saturated rings. The molecular weight excluding hydrogens is 234 g/mol. The van der Waals surface area contributed by atoms with E-state index >= 15 is 0 Å². The van der Waals surface area contributed by atoms with Crippen LogP contribution in [0.25, 0.3) is 0 Å². The Bertz CT molecular complexity index is 203. The average Bonchev–Trinajstić information content (AvgIpc) is 2.37. The zero-order valence-electron chi connectivity index (χ0n) is 12.9. The summed E-state index contributed by atoms with van der Waals surface area (Å²) in [6, 6.07) is 0.0311. The molecule has 0 unspecified atom stereocenters. The van der Waals surface area contributed by atoms with Gasteiger partial charge in [-0.25, -0.2) is 0 Å². The van der Waals surface area contributed by atoms with Crippen LogP contribution < -0.4 is 5.32 Å². The van der Waals surface area contributed by atoms with Crippen molar-refractivity contribution in [2.24, 2.45) is 0 Å². The predicted octanol–water partition coefficient (Wildman–Crippen LogP) is 4.84. The topological polar surface area (TPSA) is 29.1 Å². The van der Waals surface area contributed by atoms with E-state index in [0.717, 1.165) is 19.3 Å². The van der Waals surface area contributed by atoms with Gasteiger partial charge in [-0.3, -0.25) is 4.79 Å². The van der Waals surface area contributed by atoms with Gasteiger partial charge in [-0.1, -0.05) is 71.6 Å². The van der Waals surface area contributed by atoms with Gasteiger partial charge in [0.25, 0.3) is 0 Å². The van der Waals surface area contributed by atoms with E-state index in [9.17, 15) is 4.79 Å². The summed E-state index contributed by atoms with van der Waals surface area (Å²) in [4.78, 5) is 11.6. The number of amides is 1. The molecule has 2 nitrogen and oxygen atoms in total. The van der Waals surface area contributed by atoms with Crippen LogP contribution in [-0.4, -0.2) is 11.9 Å². The first-order valence-electron chi connectivity index (χ1n) is 8.12. The van der Waals surface area contributed by atoms with Crippen molar-refractivity contribution < 1.29 is 4.79 Å². The molecule has 1 N–H and O–H groups in total. The van der Waals surface area contributed by atoms with E-state index in [4.69, 9.17) is 0 Å². The normalized spacial score (nSPS) is 12.4. The molecular formula is C17H33NO. The lowest BCUT2D eigenvalue weighted by molar-refractivity contribution is -0.121. The monoisotopic (exact) mass is 267 g/mol. The van der Waals surface area contributed by atoms with Gasteiger partial charge in [-0.05, 0) is 19.8 Å². The molecule has 0 saturated carbocycles. The summed E-state index contributed by atoms with van der Waals surface area (Å²) in [5, 5.41) is 2.92. The molecule has 2 radical (unpaired) electrons. The van der Waals surface area contributed by atoms with E-state index in [2.05, 4.69) is 26.1 Å². The van der Waals surface area contributed by atoms with E-state index in [1.165, 1.54) is 51.4 Å². The number of nitrogens with one attached hydrogen (secondary N) is 1. The van der Waals surface area contributed by atoms with Crippen molar-refractivity contribution in [3.8, 4) is 0 Å². The van der Waals surface area contributed by atoms with E-state index < -0.39 is 0 Å². The molecule has 0 aliphatic heterocycles. The number of hydrogen-bond acceptors (Lipinski definition) is 1. The summed E-state index contributed by atoms with van der Waals surface area (Å²) in [6.07, 6.45) is 13.9. The zero-order valence-corrected chi connectivity index (χ0v) is 12.9. The Balaban J connectivity index is 3.23. The van der Waals surface area contributed by atoms with Gasteiger partial charge in [-0.2, -0.15) is 0 Å². The van der Waals surface area contributed by atoms with Crippen LogP contribution in [0.2, 0.25) is 0 Å². The van der Waals surface area contributed by atoms with E-state index in [1.807, 2.05) is 0 Å². The van der Waals surface area contributed by atoms with Gasteiger partial charge in [0.15, 0.2) is 0 Å². The molecule has 0 bridgehead atoms. The second-order valence-electron chi connectivity index (χ2n) is 5.49. The maximum Gasteiger partial charge on any atom is 0.220 e. The van der Waals surface area contributed by atoms with Crippen molar-refractivity contribution in [2.75, 3.05) is 0 Å². The standard InChI is InChI=1S/C17H33NO/c1-4-6-7-8-9-10-11-12-13-15-17(19)18-16(3)14-5-2/h16H,2-15H2,1H3,(H,18,19)/t16-/m0/s1. The highest BCUT2D eigenvalue weighted by atomic mass is 16.1. The minimum absolute atomic E-state index is 0.0311. The largest absolute Gasteiger partial charge is 0.353 e. The number of carbonyl (C=O) groups is 1. The van der Waals surface area contributed by atoms with E-state index in [0.29, 0.717) is 6.42 Å². The Morgan fingerprint density at radius 2 is 1.53 bits per heavy atom. The maximum absolute atomic E-state index is 11.6. The average molecular weight is 267 g/mol. The van der Waals surface area contributed by atoms with Crippen LogP contribution >= 0.6 is 0 Å². The molecule has 0 heterocycles. The van der Waals surface area contributed by atoms with Gasteiger partial charge < -0.3 is 5.32 Å². The van der Waals surface area contributed by atoms with Crippen LogP contribution in [0.1, 0.15) is 84.0 Å². The molecule has 0 aliphatic carbocycles. The highest BCUT2D eigenvalue weighted by molar-refractivity contribution is 5.76. The third-order valence-electron chi connectivity index (χ3n) is 3.43. The number of hydrogen-bond donors (Lipinski definition) is 1. The first-order valence-corrected chi connectivity index (χ1v) is 8.12. The predicted molar refractivity (Wildman–Crippen MR) is 83.7 cm³/mol. The quantitative estimate of drug-likeness (QED) is 0.475. The Morgan fingerprint density at radius 3 is 2.05 bits per heavy atom. The lowest BCUT2D eigenvalue weighted by Gasteiger charge is -2.12. The lowest BCUT2D eigenvalue weighted by atomic mass is 10.1. The van der Waals surface area contributed by atoms with Crippen molar-refractivity contribution in [3.05, 3.63) is 13.8 Å². The fourth-order valence-electron chi connectivity index (χ4n) is 2.21. The van der Waals surface area contributed by atoms with Crippen molar-refractivity contribution in [1.29, 1.82) is 0 Å². The van der Waals surface area contributed by atoms with Crippen LogP contribution in [0.3, 0.4) is 0 Å². The Kier molecular flexibility index (Phi) is 13.5. The number of carbonyl (C=O) groups excluding carboxylic acids is 1. The smallest absolute Gasteiger partial charge is 0.220 e. The Morgan fingerprint density at radius 1 is 1.00 bits per heavy atom. The third kappa shape index (κ3) is 13.7. The van der Waals surface area contributed by atoms with Crippen LogP contribution in [-0.2, 0) is 4.79 Å². The van der Waals surface area contributed by atoms with Crippen LogP contribution in [0.4, 0.5) is 0 Å². The molecule has 0 aromatic carbocycles. The summed E-state index contributed by atoms with van der Waals surface area (Å²) in [6.45, 7) is 9.90. The molecule has 1 atom stereocenters. The minimum Gasteiger partial charge on any atom is -0.353 e. The second-order valence-corrected chi connectivity index (χ2v) is 5.49. The highest BCUT2D eigenvalue weighted by Gasteiger charge is 2.05. The molecule has 0 aliphatic rings. The fraction of sp³-hybridized carbons (Fsp3) is 0.824. The highest BCUT2D eigenvalue weighted by Crippen LogP contribution is 2.10. The molecule has 0 aromatic heterocycles. The Labute approximate surface area is 120 Å². The minimum atomic E-state index is 0.0311. The molecule has 0 spiro atoms. The zero-order chi connectivity index (χ0) is 14.3. The number of unbranched alkanes of at least 4 members (excludes halogenated alkanes) is 8. The molecule has 2 heteroatoms. The molecule has 112 valence electrons. The van der Waals surface area contributed by atoms with Gasteiger partial charge in [0.2, 0.25) is 5.91 Å². The fourth-order valence-corrected chi connectivity index (χ4v) is 2.21. The Hall–Kier alpha value is -0.530. The van der Waals surface area contributed by atoms with Gasteiger partial charge in [0.05, 0.1) is 0 Å². The van der Waals surface area contributed by atoms with Crippen LogP contribution in [0.15, 0.2) is 0 Å².